The number of rotatable bonds is 4. The lowest BCUT2D eigenvalue weighted by molar-refractivity contribution is -0.113. The van der Waals surface area contributed by atoms with E-state index in [0.29, 0.717) is 15.6 Å². The van der Waals surface area contributed by atoms with Crippen molar-refractivity contribution in [2.75, 3.05) is 11.1 Å². The second kappa shape index (κ2) is 5.47. The number of nitrogens with one attached hydrogen (secondary N) is 2. The number of hydrogen-bond acceptors (Lipinski definition) is 6. The van der Waals surface area contributed by atoms with Crippen molar-refractivity contribution in [3.63, 3.8) is 0 Å². The Bertz CT molecular complexity index is 542. The number of nitriles is 1. The second-order valence-electron chi connectivity index (χ2n) is 2.92. The van der Waals surface area contributed by atoms with Crippen LogP contribution in [-0.4, -0.2) is 27.1 Å². The van der Waals surface area contributed by atoms with Crippen LogP contribution in [-0.2, 0) is 4.79 Å². The molecule has 2 aromatic rings. The molecule has 0 saturated carbocycles. The Morgan fingerprint density at radius 2 is 2.59 bits per heavy atom. The van der Waals surface area contributed by atoms with E-state index >= 15 is 0 Å². The van der Waals surface area contributed by atoms with E-state index in [1.54, 1.807) is 17.6 Å². The fourth-order valence-electron chi connectivity index (χ4n) is 1.06. The number of amides is 1. The van der Waals surface area contributed by atoms with E-state index < -0.39 is 0 Å². The zero-order valence-electron chi connectivity index (χ0n) is 8.51. The lowest BCUT2D eigenvalue weighted by Crippen LogP contribution is -2.13. The molecule has 0 aliphatic rings. The van der Waals surface area contributed by atoms with Gasteiger partial charge in [0.15, 0.2) is 0 Å². The van der Waals surface area contributed by atoms with Crippen LogP contribution in [0.2, 0.25) is 0 Å². The minimum absolute atomic E-state index is 0.169. The van der Waals surface area contributed by atoms with Crippen molar-refractivity contribution < 1.29 is 4.79 Å². The van der Waals surface area contributed by atoms with Gasteiger partial charge in [-0.05, 0) is 11.4 Å². The number of carbonyl (C=O) groups excluding carboxylic acids is 1. The van der Waals surface area contributed by atoms with Gasteiger partial charge < -0.3 is 5.32 Å². The summed E-state index contributed by atoms with van der Waals surface area (Å²) in [5.41, 5.74) is 0.481. The first-order valence-electron chi connectivity index (χ1n) is 4.55. The summed E-state index contributed by atoms with van der Waals surface area (Å²) in [4.78, 5) is 11.6. The molecule has 2 rings (SSSR count). The zero-order valence-corrected chi connectivity index (χ0v) is 10.1. The molecular formula is C9H7N5OS2. The number of H-pyrrole nitrogens is 1. The molecule has 0 radical (unpaired) electrons. The molecule has 8 heteroatoms. The summed E-state index contributed by atoms with van der Waals surface area (Å²) in [6, 6.07) is 3.68. The molecule has 0 spiro atoms. The first-order chi connectivity index (χ1) is 8.29. The molecule has 0 atom stereocenters. The second-order valence-corrected chi connectivity index (χ2v) is 4.83. The molecule has 0 aliphatic heterocycles. The van der Waals surface area contributed by atoms with Crippen LogP contribution in [0.1, 0.15) is 5.56 Å². The van der Waals surface area contributed by atoms with Gasteiger partial charge in [-0.15, -0.1) is 16.4 Å². The van der Waals surface area contributed by atoms with E-state index in [0.717, 1.165) is 0 Å². The molecule has 1 amide bonds. The van der Waals surface area contributed by atoms with Crippen LogP contribution in [0.3, 0.4) is 0 Å². The SMILES string of the molecule is N#Cc1ccsc1NC(=O)CSc1cn[nH]n1. The number of anilines is 1. The summed E-state index contributed by atoms with van der Waals surface area (Å²) >= 11 is 2.60. The number of thioether (sulfide) groups is 1. The number of carbonyl (C=O) groups is 1. The molecule has 0 saturated heterocycles. The van der Waals surface area contributed by atoms with Crippen molar-refractivity contribution in [1.29, 1.82) is 5.26 Å². The number of aromatic nitrogens is 3. The summed E-state index contributed by atoms with van der Waals surface area (Å²) in [5.74, 6) is 0.0620. The summed E-state index contributed by atoms with van der Waals surface area (Å²) < 4.78 is 0. The molecule has 0 aliphatic carbocycles. The number of thiophene rings is 1. The van der Waals surface area contributed by atoms with Gasteiger partial charge in [0, 0.05) is 0 Å². The molecule has 0 fully saturated rings. The predicted molar refractivity (Wildman–Crippen MR) is 64.8 cm³/mol. The summed E-state index contributed by atoms with van der Waals surface area (Å²) in [5, 5.41) is 24.4. The average molecular weight is 265 g/mol. The predicted octanol–water partition coefficient (Wildman–Crippen LogP) is 1.47. The number of hydrogen-bond donors (Lipinski definition) is 2. The third kappa shape index (κ3) is 3.05. The minimum Gasteiger partial charge on any atom is -0.316 e. The Kier molecular flexibility index (Phi) is 3.74. The Morgan fingerprint density at radius 1 is 1.71 bits per heavy atom. The highest BCUT2D eigenvalue weighted by atomic mass is 32.2. The van der Waals surface area contributed by atoms with Crippen LogP contribution >= 0.6 is 23.1 Å². The number of aromatic amines is 1. The minimum atomic E-state index is -0.169. The van der Waals surface area contributed by atoms with E-state index in [4.69, 9.17) is 5.26 Å². The third-order valence-corrected chi connectivity index (χ3v) is 3.51. The van der Waals surface area contributed by atoms with Crippen molar-refractivity contribution in [2.45, 2.75) is 5.03 Å². The van der Waals surface area contributed by atoms with Gasteiger partial charge in [-0.1, -0.05) is 11.8 Å². The van der Waals surface area contributed by atoms with Gasteiger partial charge in [0.25, 0.3) is 0 Å². The highest BCUT2D eigenvalue weighted by Crippen LogP contribution is 2.22. The van der Waals surface area contributed by atoms with Crippen LogP contribution in [0.4, 0.5) is 5.00 Å². The van der Waals surface area contributed by atoms with Crippen LogP contribution in [0, 0.1) is 11.3 Å². The summed E-state index contributed by atoms with van der Waals surface area (Å²) in [6.07, 6.45) is 1.55. The molecular weight excluding hydrogens is 258 g/mol. The largest absolute Gasteiger partial charge is 0.316 e. The molecule has 0 unspecified atom stereocenters. The van der Waals surface area contributed by atoms with Crippen LogP contribution < -0.4 is 5.32 Å². The Labute approximate surface area is 105 Å². The van der Waals surface area contributed by atoms with E-state index in [2.05, 4.69) is 20.7 Å². The third-order valence-electron chi connectivity index (χ3n) is 1.78. The van der Waals surface area contributed by atoms with E-state index in [-0.39, 0.29) is 11.7 Å². The van der Waals surface area contributed by atoms with Crippen molar-refractivity contribution in [3.8, 4) is 6.07 Å². The van der Waals surface area contributed by atoms with Gasteiger partial charge >= 0.3 is 0 Å². The van der Waals surface area contributed by atoms with Crippen molar-refractivity contribution in [1.82, 2.24) is 15.4 Å². The Hall–Kier alpha value is -1.85. The molecule has 2 aromatic heterocycles. The van der Waals surface area contributed by atoms with Gasteiger partial charge in [0.2, 0.25) is 5.91 Å². The van der Waals surface area contributed by atoms with Crippen LogP contribution in [0.5, 0.6) is 0 Å². The fourth-order valence-corrected chi connectivity index (χ4v) is 2.39. The maximum absolute atomic E-state index is 11.6. The summed E-state index contributed by atoms with van der Waals surface area (Å²) in [6.45, 7) is 0. The van der Waals surface area contributed by atoms with E-state index in [9.17, 15) is 4.79 Å². The monoisotopic (exact) mass is 265 g/mol. The highest BCUT2D eigenvalue weighted by Gasteiger charge is 2.09. The molecule has 86 valence electrons. The van der Waals surface area contributed by atoms with Gasteiger partial charge in [-0.2, -0.15) is 15.6 Å². The number of nitrogens with zero attached hydrogens (tertiary/aromatic N) is 3. The zero-order chi connectivity index (χ0) is 12.1. The lowest BCUT2D eigenvalue weighted by atomic mass is 10.3. The van der Waals surface area contributed by atoms with E-state index in [1.807, 2.05) is 6.07 Å². The van der Waals surface area contributed by atoms with Crippen molar-refractivity contribution >= 4 is 34.0 Å². The van der Waals surface area contributed by atoms with Crippen LogP contribution in [0.25, 0.3) is 0 Å². The first-order valence-corrected chi connectivity index (χ1v) is 6.42. The molecule has 2 N–H and O–H groups in total. The Morgan fingerprint density at radius 3 is 3.29 bits per heavy atom. The van der Waals surface area contributed by atoms with Gasteiger partial charge in [-0.25, -0.2) is 0 Å². The van der Waals surface area contributed by atoms with Gasteiger partial charge in [0.05, 0.1) is 17.5 Å². The van der Waals surface area contributed by atoms with Gasteiger partial charge in [-0.3, -0.25) is 4.79 Å². The molecule has 2 heterocycles. The standard InChI is InChI=1S/C9H7N5OS2/c10-3-6-1-2-16-9(6)12-7(15)5-17-8-4-11-14-13-8/h1-2,4H,5H2,(H,12,15)(H,11,13,14). The van der Waals surface area contributed by atoms with Crippen molar-refractivity contribution in [3.05, 3.63) is 23.2 Å². The lowest BCUT2D eigenvalue weighted by Gasteiger charge is -2.01. The molecule has 6 nitrogen and oxygen atoms in total. The maximum Gasteiger partial charge on any atom is 0.235 e. The highest BCUT2D eigenvalue weighted by molar-refractivity contribution is 7.99. The molecule has 0 aromatic carbocycles. The van der Waals surface area contributed by atoms with Crippen molar-refractivity contribution in [2.24, 2.45) is 0 Å². The average Bonchev–Trinajstić information content (AvgIpc) is 2.97. The smallest absolute Gasteiger partial charge is 0.235 e. The van der Waals surface area contributed by atoms with E-state index in [1.165, 1.54) is 23.1 Å². The fraction of sp³-hybridized carbons (Fsp3) is 0.111. The summed E-state index contributed by atoms with van der Waals surface area (Å²) in [7, 11) is 0. The Balaban J connectivity index is 1.88. The quantitative estimate of drug-likeness (QED) is 0.816. The van der Waals surface area contributed by atoms with Gasteiger partial charge in [0.1, 0.15) is 16.1 Å². The topological polar surface area (TPSA) is 94.5 Å². The first kappa shape index (κ1) is 11.6. The molecule has 17 heavy (non-hydrogen) atoms. The van der Waals surface area contributed by atoms with Crippen LogP contribution in [0.15, 0.2) is 22.7 Å². The molecule has 0 bridgehead atoms. The normalized spacial score (nSPS) is 9.82. The maximum atomic E-state index is 11.6.